The van der Waals surface area contributed by atoms with Gasteiger partial charge in [-0.15, -0.1) is 0 Å². The predicted octanol–water partition coefficient (Wildman–Crippen LogP) is 3.62. The highest BCUT2D eigenvalue weighted by molar-refractivity contribution is 6.10. The zero-order chi connectivity index (χ0) is 25.2. The van der Waals surface area contributed by atoms with Crippen LogP contribution in [0.15, 0.2) is 71.7 Å². The van der Waals surface area contributed by atoms with Gasteiger partial charge < -0.3 is 28.8 Å². The van der Waals surface area contributed by atoms with Crippen LogP contribution in [0, 0.1) is 0 Å². The molecule has 1 aromatic heterocycles. The van der Waals surface area contributed by atoms with Gasteiger partial charge in [0.15, 0.2) is 17.3 Å². The number of rotatable bonds is 7. The quantitative estimate of drug-likeness (QED) is 0.398. The number of pyridine rings is 1. The molecule has 5 rings (SSSR count). The summed E-state index contributed by atoms with van der Waals surface area (Å²) in [5.41, 5.74) is 0.780. The molecule has 0 unspecified atom stereocenters. The molecule has 0 saturated heterocycles. The number of hydrogen-bond donors (Lipinski definition) is 1. The van der Waals surface area contributed by atoms with E-state index < -0.39 is 11.2 Å². The van der Waals surface area contributed by atoms with Crippen LogP contribution >= 0.6 is 0 Å². The lowest BCUT2D eigenvalue weighted by Gasteiger charge is -2.14. The molecule has 4 aromatic rings. The maximum Gasteiger partial charge on any atom is 0.244 e. The van der Waals surface area contributed by atoms with E-state index in [0.29, 0.717) is 39.8 Å². The fourth-order valence-corrected chi connectivity index (χ4v) is 4.03. The van der Waals surface area contributed by atoms with Gasteiger partial charge >= 0.3 is 0 Å². The van der Waals surface area contributed by atoms with E-state index in [9.17, 15) is 14.4 Å². The first-order valence-corrected chi connectivity index (χ1v) is 11.1. The monoisotopic (exact) mass is 486 g/mol. The SMILES string of the molecule is COc1ccc(C(=O)c2cn(CC(=O)Nc3cccc(OC)c3)c3cc4c(cc3c2=O)OCO4)cc1. The van der Waals surface area contributed by atoms with Crippen molar-refractivity contribution in [2.45, 2.75) is 6.54 Å². The normalized spacial score (nSPS) is 11.8. The van der Waals surface area contributed by atoms with Crippen LogP contribution in [0.25, 0.3) is 10.9 Å². The van der Waals surface area contributed by atoms with Crippen molar-refractivity contribution in [3.8, 4) is 23.0 Å². The van der Waals surface area contributed by atoms with Crippen molar-refractivity contribution >= 4 is 28.3 Å². The third kappa shape index (κ3) is 4.34. The molecule has 36 heavy (non-hydrogen) atoms. The molecule has 0 saturated carbocycles. The van der Waals surface area contributed by atoms with Crippen LogP contribution in [-0.2, 0) is 11.3 Å². The Morgan fingerprint density at radius 1 is 0.944 bits per heavy atom. The molecular formula is C27H22N2O7. The van der Waals surface area contributed by atoms with Crippen LogP contribution in [-0.4, -0.2) is 37.3 Å². The van der Waals surface area contributed by atoms with Gasteiger partial charge in [-0.1, -0.05) is 6.07 Å². The summed E-state index contributed by atoms with van der Waals surface area (Å²) in [5, 5.41) is 3.06. The summed E-state index contributed by atoms with van der Waals surface area (Å²) in [4.78, 5) is 39.7. The maximum absolute atomic E-state index is 13.4. The molecule has 1 aliphatic heterocycles. The lowest BCUT2D eigenvalue weighted by molar-refractivity contribution is -0.116. The smallest absolute Gasteiger partial charge is 0.244 e. The molecule has 0 fully saturated rings. The van der Waals surface area contributed by atoms with Crippen LogP contribution in [0.5, 0.6) is 23.0 Å². The van der Waals surface area contributed by atoms with Crippen molar-refractivity contribution in [2.24, 2.45) is 0 Å². The Bertz CT molecular complexity index is 1540. The van der Waals surface area contributed by atoms with E-state index in [4.69, 9.17) is 18.9 Å². The van der Waals surface area contributed by atoms with E-state index in [0.717, 1.165) is 0 Å². The number of ether oxygens (including phenoxy) is 4. The highest BCUT2D eigenvalue weighted by Gasteiger charge is 2.22. The topological polar surface area (TPSA) is 105 Å². The van der Waals surface area contributed by atoms with Crippen LogP contribution in [0.1, 0.15) is 15.9 Å². The number of nitrogens with one attached hydrogen (secondary N) is 1. The molecule has 182 valence electrons. The number of nitrogens with zero attached hydrogens (tertiary/aromatic N) is 1. The number of ketones is 1. The first kappa shape index (κ1) is 23.0. The highest BCUT2D eigenvalue weighted by atomic mass is 16.7. The lowest BCUT2D eigenvalue weighted by atomic mass is 10.0. The number of amides is 1. The van der Waals surface area contributed by atoms with E-state index in [1.165, 1.54) is 13.3 Å². The van der Waals surface area contributed by atoms with Gasteiger partial charge in [-0.2, -0.15) is 0 Å². The van der Waals surface area contributed by atoms with Gasteiger partial charge in [0, 0.05) is 29.6 Å². The van der Waals surface area contributed by atoms with E-state index in [1.807, 2.05) is 0 Å². The third-order valence-corrected chi connectivity index (χ3v) is 5.84. The number of anilines is 1. The van der Waals surface area contributed by atoms with Gasteiger partial charge in [0.25, 0.3) is 0 Å². The average Bonchev–Trinajstić information content (AvgIpc) is 3.37. The minimum absolute atomic E-state index is 0.0216. The van der Waals surface area contributed by atoms with Crippen molar-refractivity contribution in [2.75, 3.05) is 26.3 Å². The Hall–Kier alpha value is -4.79. The van der Waals surface area contributed by atoms with E-state index in [-0.39, 0.29) is 30.2 Å². The second-order valence-corrected chi connectivity index (χ2v) is 8.06. The Morgan fingerprint density at radius 3 is 2.39 bits per heavy atom. The largest absolute Gasteiger partial charge is 0.497 e. The van der Waals surface area contributed by atoms with Crippen LogP contribution in [0.4, 0.5) is 5.69 Å². The lowest BCUT2D eigenvalue weighted by Crippen LogP contribution is -2.24. The molecule has 2 heterocycles. The Kier molecular flexibility index (Phi) is 6.03. The Labute approximate surface area is 205 Å². The summed E-state index contributed by atoms with van der Waals surface area (Å²) >= 11 is 0. The molecule has 0 aliphatic carbocycles. The van der Waals surface area contributed by atoms with Crippen LogP contribution in [0.2, 0.25) is 0 Å². The molecule has 1 aliphatic rings. The fourth-order valence-electron chi connectivity index (χ4n) is 4.03. The van der Waals surface area contributed by atoms with Crippen molar-refractivity contribution in [1.82, 2.24) is 4.57 Å². The van der Waals surface area contributed by atoms with Crippen LogP contribution in [0.3, 0.4) is 0 Å². The van der Waals surface area contributed by atoms with Crippen LogP contribution < -0.4 is 29.7 Å². The molecule has 1 amide bonds. The second kappa shape index (κ2) is 9.46. The summed E-state index contributed by atoms with van der Waals surface area (Å²) in [6, 6.07) is 16.6. The Morgan fingerprint density at radius 2 is 1.67 bits per heavy atom. The Balaban J connectivity index is 1.56. The number of benzene rings is 3. The van der Waals surface area contributed by atoms with Crippen molar-refractivity contribution < 1.29 is 28.5 Å². The van der Waals surface area contributed by atoms with E-state index >= 15 is 0 Å². The summed E-state index contributed by atoms with van der Waals surface area (Å²) in [7, 11) is 3.07. The van der Waals surface area contributed by atoms with Gasteiger partial charge in [0.1, 0.15) is 18.0 Å². The van der Waals surface area contributed by atoms with Crippen molar-refractivity contribution in [3.05, 3.63) is 88.2 Å². The standard InChI is InChI=1S/C27H22N2O7/c1-33-18-8-6-16(7-9-18)26(31)21-13-29(14-25(30)28-17-4-3-5-19(10-17)34-2)22-12-24-23(35-15-36-24)11-20(22)27(21)32/h3-13H,14-15H2,1-2H3,(H,28,30). The molecular weight excluding hydrogens is 464 g/mol. The number of methoxy groups -OCH3 is 2. The summed E-state index contributed by atoms with van der Waals surface area (Å²) in [6.45, 7) is -0.135. The minimum Gasteiger partial charge on any atom is -0.497 e. The molecule has 9 heteroatoms. The molecule has 0 atom stereocenters. The average molecular weight is 486 g/mol. The fraction of sp³-hybridized carbons (Fsp3) is 0.148. The third-order valence-electron chi connectivity index (χ3n) is 5.84. The van der Waals surface area contributed by atoms with E-state index in [2.05, 4.69) is 5.32 Å². The molecule has 3 aromatic carbocycles. The van der Waals surface area contributed by atoms with E-state index in [1.54, 1.807) is 72.3 Å². The molecule has 0 radical (unpaired) electrons. The van der Waals surface area contributed by atoms with Gasteiger partial charge in [0.05, 0.1) is 30.7 Å². The van der Waals surface area contributed by atoms with Gasteiger partial charge in [-0.3, -0.25) is 14.4 Å². The number of fused-ring (bicyclic) bond motifs is 2. The second-order valence-electron chi connectivity index (χ2n) is 8.06. The first-order chi connectivity index (χ1) is 17.5. The number of carbonyl (C=O) groups excluding carboxylic acids is 2. The minimum atomic E-state index is -0.468. The van der Waals surface area contributed by atoms with Gasteiger partial charge in [-0.25, -0.2) is 0 Å². The highest BCUT2D eigenvalue weighted by Crippen LogP contribution is 2.35. The maximum atomic E-state index is 13.4. The zero-order valence-electron chi connectivity index (χ0n) is 19.6. The molecule has 1 N–H and O–H groups in total. The zero-order valence-corrected chi connectivity index (χ0v) is 19.6. The summed E-state index contributed by atoms with van der Waals surface area (Å²) in [6.07, 6.45) is 1.41. The summed E-state index contributed by atoms with van der Waals surface area (Å²) < 4.78 is 22.8. The summed E-state index contributed by atoms with van der Waals surface area (Å²) in [5.74, 6) is 1.23. The molecule has 0 spiro atoms. The molecule has 9 nitrogen and oxygen atoms in total. The number of aromatic nitrogens is 1. The number of hydrogen-bond acceptors (Lipinski definition) is 7. The van der Waals surface area contributed by atoms with Crippen molar-refractivity contribution in [1.29, 1.82) is 0 Å². The first-order valence-electron chi connectivity index (χ1n) is 11.1. The van der Waals surface area contributed by atoms with Gasteiger partial charge in [0.2, 0.25) is 18.1 Å². The predicted molar refractivity (Wildman–Crippen MR) is 132 cm³/mol. The van der Waals surface area contributed by atoms with Crippen molar-refractivity contribution in [3.63, 3.8) is 0 Å². The molecule has 0 bridgehead atoms. The number of carbonyl (C=O) groups is 2. The van der Waals surface area contributed by atoms with Gasteiger partial charge in [-0.05, 0) is 42.5 Å².